The molecule has 0 bridgehead atoms. The molecule has 1 unspecified atom stereocenters. The predicted octanol–water partition coefficient (Wildman–Crippen LogP) is 3.24. The normalized spacial score (nSPS) is 19.6. The first-order chi connectivity index (χ1) is 10.3. The van der Waals surface area contributed by atoms with Crippen molar-refractivity contribution in [3.63, 3.8) is 0 Å². The summed E-state index contributed by atoms with van der Waals surface area (Å²) in [6.07, 6.45) is 7.53. The van der Waals surface area contributed by atoms with Gasteiger partial charge in [-0.2, -0.15) is 0 Å². The van der Waals surface area contributed by atoms with Gasteiger partial charge in [0.05, 0.1) is 0 Å². The maximum Gasteiger partial charge on any atom is 0.0410 e. The van der Waals surface area contributed by atoms with Gasteiger partial charge in [-0.3, -0.25) is 14.9 Å². The van der Waals surface area contributed by atoms with Gasteiger partial charge in [-0.25, -0.2) is 0 Å². The SMILES string of the molecule is Cc1cccc(CC2CCCN(Cc3cccnc3)C2)n1. The molecule has 1 aliphatic rings. The molecule has 1 aliphatic heterocycles. The van der Waals surface area contributed by atoms with Crippen LogP contribution in [-0.4, -0.2) is 28.0 Å². The van der Waals surface area contributed by atoms with Crippen LogP contribution in [0.15, 0.2) is 42.7 Å². The average molecular weight is 281 g/mol. The molecule has 0 radical (unpaired) electrons. The lowest BCUT2D eigenvalue weighted by Gasteiger charge is -2.32. The number of pyridine rings is 2. The first-order valence-corrected chi connectivity index (χ1v) is 7.83. The number of nitrogens with zero attached hydrogens (tertiary/aromatic N) is 3. The van der Waals surface area contributed by atoms with E-state index in [4.69, 9.17) is 0 Å². The fourth-order valence-electron chi connectivity index (χ4n) is 3.22. The molecule has 0 N–H and O–H groups in total. The number of aromatic nitrogens is 2. The summed E-state index contributed by atoms with van der Waals surface area (Å²) >= 11 is 0. The van der Waals surface area contributed by atoms with Crippen molar-refractivity contribution in [3.8, 4) is 0 Å². The van der Waals surface area contributed by atoms with Gasteiger partial charge in [0.1, 0.15) is 0 Å². The first-order valence-electron chi connectivity index (χ1n) is 7.83. The Kier molecular flexibility index (Phi) is 4.61. The molecule has 1 saturated heterocycles. The van der Waals surface area contributed by atoms with Gasteiger partial charge in [-0.15, -0.1) is 0 Å². The standard InChI is InChI=1S/C18H23N3/c1-15-5-2-8-18(20-15)11-16-7-4-10-21(13-16)14-17-6-3-9-19-12-17/h2-3,5-6,8-9,12,16H,4,7,10-11,13-14H2,1H3. The first kappa shape index (κ1) is 14.2. The molecular weight excluding hydrogens is 258 g/mol. The van der Waals surface area contributed by atoms with E-state index in [-0.39, 0.29) is 0 Å². The van der Waals surface area contributed by atoms with E-state index in [9.17, 15) is 0 Å². The van der Waals surface area contributed by atoms with Crippen LogP contribution in [0.1, 0.15) is 29.8 Å². The van der Waals surface area contributed by atoms with E-state index in [1.165, 1.54) is 37.2 Å². The van der Waals surface area contributed by atoms with Crippen LogP contribution in [0, 0.1) is 12.8 Å². The van der Waals surface area contributed by atoms with Gasteiger partial charge in [0.2, 0.25) is 0 Å². The quantitative estimate of drug-likeness (QED) is 0.861. The zero-order valence-corrected chi connectivity index (χ0v) is 12.7. The Morgan fingerprint density at radius 1 is 1.24 bits per heavy atom. The van der Waals surface area contributed by atoms with Crippen molar-refractivity contribution in [1.29, 1.82) is 0 Å². The Morgan fingerprint density at radius 3 is 3.00 bits per heavy atom. The van der Waals surface area contributed by atoms with Crippen molar-refractivity contribution in [3.05, 3.63) is 59.7 Å². The summed E-state index contributed by atoms with van der Waals surface area (Å²) in [5.41, 5.74) is 3.67. The van der Waals surface area contributed by atoms with E-state index >= 15 is 0 Å². The van der Waals surface area contributed by atoms with Gasteiger partial charge in [0.25, 0.3) is 0 Å². The third kappa shape index (κ3) is 4.11. The molecule has 0 aromatic carbocycles. The van der Waals surface area contributed by atoms with Crippen LogP contribution in [0.3, 0.4) is 0 Å². The summed E-state index contributed by atoms with van der Waals surface area (Å²) in [5, 5.41) is 0. The second kappa shape index (κ2) is 6.81. The van der Waals surface area contributed by atoms with Crippen molar-refractivity contribution in [2.75, 3.05) is 13.1 Å². The minimum atomic E-state index is 0.727. The fraction of sp³-hybridized carbons (Fsp3) is 0.444. The zero-order chi connectivity index (χ0) is 14.5. The maximum atomic E-state index is 4.65. The Bertz CT molecular complexity index is 568. The monoisotopic (exact) mass is 281 g/mol. The van der Waals surface area contributed by atoms with Gasteiger partial charge in [-0.05, 0) is 62.4 Å². The van der Waals surface area contributed by atoms with Crippen LogP contribution < -0.4 is 0 Å². The Balaban J connectivity index is 1.58. The van der Waals surface area contributed by atoms with Gasteiger partial charge < -0.3 is 0 Å². The van der Waals surface area contributed by atoms with Gasteiger partial charge in [0, 0.05) is 36.9 Å². The molecule has 3 heterocycles. The molecule has 0 spiro atoms. The molecule has 3 rings (SSSR count). The highest BCUT2D eigenvalue weighted by Gasteiger charge is 2.20. The highest BCUT2D eigenvalue weighted by molar-refractivity contribution is 5.11. The molecular formula is C18H23N3. The van der Waals surface area contributed by atoms with Crippen LogP contribution >= 0.6 is 0 Å². The Morgan fingerprint density at radius 2 is 2.19 bits per heavy atom. The second-order valence-electron chi connectivity index (χ2n) is 6.08. The fourth-order valence-corrected chi connectivity index (χ4v) is 3.22. The van der Waals surface area contributed by atoms with Gasteiger partial charge in [0.15, 0.2) is 0 Å². The smallest absolute Gasteiger partial charge is 0.0410 e. The summed E-state index contributed by atoms with van der Waals surface area (Å²) in [4.78, 5) is 11.4. The number of aryl methyl sites for hydroxylation is 1. The van der Waals surface area contributed by atoms with Crippen molar-refractivity contribution in [2.45, 2.75) is 32.7 Å². The van der Waals surface area contributed by atoms with Gasteiger partial charge in [-0.1, -0.05) is 12.1 Å². The summed E-state index contributed by atoms with van der Waals surface area (Å²) in [5.74, 6) is 0.727. The lowest BCUT2D eigenvalue weighted by Crippen LogP contribution is -2.35. The average Bonchev–Trinajstić information content (AvgIpc) is 2.49. The van der Waals surface area contributed by atoms with Crippen LogP contribution in [0.25, 0.3) is 0 Å². The highest BCUT2D eigenvalue weighted by atomic mass is 15.1. The third-order valence-corrected chi connectivity index (χ3v) is 4.18. The predicted molar refractivity (Wildman–Crippen MR) is 84.9 cm³/mol. The highest BCUT2D eigenvalue weighted by Crippen LogP contribution is 2.21. The van der Waals surface area contributed by atoms with E-state index < -0.39 is 0 Å². The summed E-state index contributed by atoms with van der Waals surface area (Å²) in [7, 11) is 0. The van der Waals surface area contributed by atoms with Crippen molar-refractivity contribution in [2.24, 2.45) is 5.92 Å². The molecule has 21 heavy (non-hydrogen) atoms. The van der Waals surface area contributed by atoms with E-state index in [0.29, 0.717) is 0 Å². The number of piperidine rings is 1. The Labute approximate surface area is 127 Å². The molecule has 110 valence electrons. The number of likely N-dealkylation sites (tertiary alicyclic amines) is 1. The Hall–Kier alpha value is -1.74. The molecule has 2 aromatic rings. The molecule has 3 nitrogen and oxygen atoms in total. The van der Waals surface area contributed by atoms with Crippen molar-refractivity contribution in [1.82, 2.24) is 14.9 Å². The van der Waals surface area contributed by atoms with Crippen LogP contribution in [0.4, 0.5) is 0 Å². The second-order valence-corrected chi connectivity index (χ2v) is 6.08. The molecule has 0 saturated carbocycles. The molecule has 1 atom stereocenters. The van der Waals surface area contributed by atoms with Gasteiger partial charge >= 0.3 is 0 Å². The number of hydrogen-bond donors (Lipinski definition) is 0. The summed E-state index contributed by atoms with van der Waals surface area (Å²) in [6.45, 7) is 5.46. The molecule has 0 aliphatic carbocycles. The molecule has 2 aromatic heterocycles. The van der Waals surface area contributed by atoms with E-state index in [1.807, 2.05) is 18.5 Å². The van der Waals surface area contributed by atoms with Crippen LogP contribution in [-0.2, 0) is 13.0 Å². The van der Waals surface area contributed by atoms with Crippen molar-refractivity contribution >= 4 is 0 Å². The lowest BCUT2D eigenvalue weighted by atomic mass is 9.93. The summed E-state index contributed by atoms with van der Waals surface area (Å²) in [6, 6.07) is 10.5. The van der Waals surface area contributed by atoms with E-state index in [1.54, 1.807) is 0 Å². The largest absolute Gasteiger partial charge is 0.299 e. The molecule has 1 fully saturated rings. The molecule has 3 heteroatoms. The van der Waals surface area contributed by atoms with Crippen LogP contribution in [0.5, 0.6) is 0 Å². The minimum absolute atomic E-state index is 0.727. The minimum Gasteiger partial charge on any atom is -0.299 e. The van der Waals surface area contributed by atoms with E-state index in [2.05, 4.69) is 46.1 Å². The third-order valence-electron chi connectivity index (χ3n) is 4.18. The van der Waals surface area contributed by atoms with Crippen molar-refractivity contribution < 1.29 is 0 Å². The zero-order valence-electron chi connectivity index (χ0n) is 12.7. The number of rotatable bonds is 4. The maximum absolute atomic E-state index is 4.65. The lowest BCUT2D eigenvalue weighted by molar-refractivity contribution is 0.166. The summed E-state index contributed by atoms with van der Waals surface area (Å²) < 4.78 is 0. The molecule has 0 amide bonds. The number of hydrogen-bond acceptors (Lipinski definition) is 3. The van der Waals surface area contributed by atoms with Crippen LogP contribution in [0.2, 0.25) is 0 Å². The van der Waals surface area contributed by atoms with E-state index in [0.717, 1.165) is 24.6 Å². The topological polar surface area (TPSA) is 29.0 Å².